The largest absolute Gasteiger partial charge is 0.351 e. The molecule has 0 bridgehead atoms. The number of sulfonamides is 1. The highest BCUT2D eigenvalue weighted by Crippen LogP contribution is 2.23. The van der Waals surface area contributed by atoms with Crippen molar-refractivity contribution >= 4 is 38.3 Å². The maximum absolute atomic E-state index is 12.8. The molecular weight excluding hydrogens is 420 g/mol. The molecule has 7 nitrogen and oxygen atoms in total. The fraction of sp³-hybridized carbons (Fsp3) is 0.429. The molecule has 0 spiro atoms. The smallest absolute Gasteiger partial charge is 0.243 e. The molecule has 0 saturated carbocycles. The van der Waals surface area contributed by atoms with Gasteiger partial charge in [-0.05, 0) is 36.6 Å². The van der Waals surface area contributed by atoms with Crippen molar-refractivity contribution < 1.29 is 13.2 Å². The predicted octanol–water partition coefficient (Wildman–Crippen LogP) is 3.40. The van der Waals surface area contributed by atoms with E-state index in [0.29, 0.717) is 44.5 Å². The van der Waals surface area contributed by atoms with Crippen LogP contribution in [0.5, 0.6) is 0 Å². The lowest BCUT2D eigenvalue weighted by Gasteiger charge is -2.18. The number of thiophene rings is 1. The van der Waals surface area contributed by atoms with Crippen LogP contribution in [0, 0.1) is 0 Å². The van der Waals surface area contributed by atoms with Crippen molar-refractivity contribution in [3.8, 4) is 0 Å². The fourth-order valence-corrected chi connectivity index (χ4v) is 5.61. The number of carbonyl (C=O) groups is 1. The number of amides is 1. The molecule has 0 aliphatic rings. The van der Waals surface area contributed by atoms with Crippen LogP contribution in [0.25, 0.3) is 11.0 Å². The van der Waals surface area contributed by atoms with E-state index in [1.54, 1.807) is 23.5 Å². The molecule has 0 saturated heterocycles. The zero-order valence-electron chi connectivity index (χ0n) is 17.6. The molecule has 1 N–H and O–H groups in total. The summed E-state index contributed by atoms with van der Waals surface area (Å²) >= 11 is 1.61. The Hall–Kier alpha value is -2.23. The van der Waals surface area contributed by atoms with Crippen LogP contribution in [-0.2, 0) is 34.3 Å². The Morgan fingerprint density at radius 2 is 1.97 bits per heavy atom. The number of carbonyl (C=O) groups excluding carboxylic acids is 1. The third-order valence-electron chi connectivity index (χ3n) is 5.07. The molecular formula is C21H28N4O3S2. The third kappa shape index (κ3) is 4.74. The Labute approximate surface area is 181 Å². The SMILES string of the molecule is CCN(CC)S(=O)(=O)c1ccc2c(c1)nc(CCC(=O)NCc1cccs1)n2CC. The number of aryl methyl sites for hydroxylation is 2. The quantitative estimate of drug-likeness (QED) is 0.515. The van der Waals surface area contributed by atoms with Gasteiger partial charge in [-0.2, -0.15) is 4.31 Å². The highest BCUT2D eigenvalue weighted by atomic mass is 32.2. The van der Waals surface area contributed by atoms with Crippen molar-refractivity contribution in [2.24, 2.45) is 0 Å². The van der Waals surface area contributed by atoms with Gasteiger partial charge in [0.1, 0.15) is 5.82 Å². The van der Waals surface area contributed by atoms with Crippen LogP contribution in [0.2, 0.25) is 0 Å². The third-order valence-corrected chi connectivity index (χ3v) is 8.00. The first-order valence-electron chi connectivity index (χ1n) is 10.2. The van der Waals surface area contributed by atoms with Gasteiger partial charge >= 0.3 is 0 Å². The lowest BCUT2D eigenvalue weighted by molar-refractivity contribution is -0.121. The van der Waals surface area contributed by atoms with Crippen molar-refractivity contribution in [1.29, 1.82) is 0 Å². The highest BCUT2D eigenvalue weighted by Gasteiger charge is 2.23. The Kier molecular flexibility index (Phi) is 7.27. The van der Waals surface area contributed by atoms with E-state index in [-0.39, 0.29) is 10.8 Å². The highest BCUT2D eigenvalue weighted by molar-refractivity contribution is 7.89. The molecule has 30 heavy (non-hydrogen) atoms. The average Bonchev–Trinajstić information content (AvgIpc) is 3.37. The van der Waals surface area contributed by atoms with Crippen molar-refractivity contribution in [3.05, 3.63) is 46.4 Å². The molecule has 3 aromatic rings. The van der Waals surface area contributed by atoms with Gasteiger partial charge in [0.05, 0.1) is 22.5 Å². The number of fused-ring (bicyclic) bond motifs is 1. The second-order valence-electron chi connectivity index (χ2n) is 6.87. The van der Waals surface area contributed by atoms with Gasteiger partial charge in [0, 0.05) is 37.4 Å². The predicted molar refractivity (Wildman–Crippen MR) is 120 cm³/mol. The van der Waals surface area contributed by atoms with Crippen molar-refractivity contribution in [2.75, 3.05) is 13.1 Å². The summed E-state index contributed by atoms with van der Waals surface area (Å²) in [5.74, 6) is 0.763. The first-order valence-corrected chi connectivity index (χ1v) is 12.5. The van der Waals surface area contributed by atoms with Gasteiger partial charge in [0.15, 0.2) is 0 Å². The first kappa shape index (κ1) is 22.5. The number of rotatable bonds is 10. The number of nitrogens with zero attached hydrogens (tertiary/aromatic N) is 3. The summed E-state index contributed by atoms with van der Waals surface area (Å²) in [5, 5.41) is 4.92. The van der Waals surface area contributed by atoms with Crippen LogP contribution in [0.1, 0.15) is 37.9 Å². The molecule has 2 heterocycles. The summed E-state index contributed by atoms with van der Waals surface area (Å²) in [7, 11) is -3.54. The van der Waals surface area contributed by atoms with Gasteiger partial charge in [0.2, 0.25) is 15.9 Å². The van der Waals surface area contributed by atoms with E-state index < -0.39 is 10.0 Å². The molecule has 1 amide bonds. The Morgan fingerprint density at radius 3 is 2.60 bits per heavy atom. The molecule has 0 fully saturated rings. The lowest BCUT2D eigenvalue weighted by atomic mass is 10.2. The zero-order valence-corrected chi connectivity index (χ0v) is 19.2. The average molecular weight is 449 g/mol. The van der Waals surface area contributed by atoms with Crippen LogP contribution < -0.4 is 5.32 Å². The molecule has 0 radical (unpaired) electrons. The number of hydrogen-bond acceptors (Lipinski definition) is 5. The van der Waals surface area contributed by atoms with E-state index in [2.05, 4.69) is 10.3 Å². The second kappa shape index (κ2) is 9.72. The Bertz CT molecular complexity index is 1100. The molecule has 9 heteroatoms. The minimum Gasteiger partial charge on any atom is -0.351 e. The summed E-state index contributed by atoms with van der Waals surface area (Å²) in [6.07, 6.45) is 0.830. The van der Waals surface area contributed by atoms with Gasteiger partial charge in [-0.3, -0.25) is 4.79 Å². The van der Waals surface area contributed by atoms with Gasteiger partial charge in [-0.1, -0.05) is 19.9 Å². The monoisotopic (exact) mass is 448 g/mol. The standard InChI is InChI=1S/C21H28N4O3S2/c1-4-24(5-2)30(27,28)17-9-10-19-18(14-17)23-20(25(19)6-3)11-12-21(26)22-15-16-8-7-13-29-16/h7-10,13-14H,4-6,11-12,15H2,1-3H3,(H,22,26). The molecule has 2 aromatic heterocycles. The molecule has 0 aliphatic carbocycles. The van der Waals surface area contributed by atoms with E-state index in [1.807, 2.05) is 48.9 Å². The van der Waals surface area contributed by atoms with Crippen LogP contribution in [0.15, 0.2) is 40.6 Å². The molecule has 1 aromatic carbocycles. The second-order valence-corrected chi connectivity index (χ2v) is 9.84. The minimum atomic E-state index is -3.54. The zero-order chi connectivity index (χ0) is 21.7. The van der Waals surface area contributed by atoms with E-state index in [0.717, 1.165) is 16.2 Å². The Morgan fingerprint density at radius 1 is 1.20 bits per heavy atom. The first-order chi connectivity index (χ1) is 14.4. The van der Waals surface area contributed by atoms with Crippen LogP contribution >= 0.6 is 11.3 Å². The van der Waals surface area contributed by atoms with Gasteiger partial charge in [-0.25, -0.2) is 13.4 Å². The summed E-state index contributed by atoms with van der Waals surface area (Å²) in [6, 6.07) is 9.04. The topological polar surface area (TPSA) is 84.3 Å². The summed E-state index contributed by atoms with van der Waals surface area (Å²) in [4.78, 5) is 18.2. The molecule has 0 aliphatic heterocycles. The maximum Gasteiger partial charge on any atom is 0.243 e. The summed E-state index contributed by atoms with van der Waals surface area (Å²) in [5.41, 5.74) is 1.52. The summed E-state index contributed by atoms with van der Waals surface area (Å²) < 4.78 is 29.1. The lowest BCUT2D eigenvalue weighted by Crippen LogP contribution is -2.30. The number of benzene rings is 1. The van der Waals surface area contributed by atoms with Crippen LogP contribution in [0.4, 0.5) is 0 Å². The molecule has 0 unspecified atom stereocenters. The molecule has 0 atom stereocenters. The summed E-state index contributed by atoms with van der Waals surface area (Å²) in [6.45, 7) is 7.75. The number of aromatic nitrogens is 2. The normalized spacial score (nSPS) is 12.0. The van der Waals surface area contributed by atoms with Crippen molar-refractivity contribution in [2.45, 2.75) is 51.6 Å². The number of imidazole rings is 1. The van der Waals surface area contributed by atoms with Crippen LogP contribution in [-0.4, -0.2) is 41.3 Å². The van der Waals surface area contributed by atoms with E-state index in [9.17, 15) is 13.2 Å². The molecule has 162 valence electrons. The van der Waals surface area contributed by atoms with Crippen molar-refractivity contribution in [3.63, 3.8) is 0 Å². The van der Waals surface area contributed by atoms with Gasteiger partial charge in [-0.15, -0.1) is 11.3 Å². The van der Waals surface area contributed by atoms with Crippen LogP contribution in [0.3, 0.4) is 0 Å². The van der Waals surface area contributed by atoms with E-state index in [4.69, 9.17) is 0 Å². The fourth-order valence-electron chi connectivity index (χ4n) is 3.49. The minimum absolute atomic E-state index is 0.0251. The van der Waals surface area contributed by atoms with E-state index >= 15 is 0 Å². The maximum atomic E-state index is 12.8. The van der Waals surface area contributed by atoms with E-state index in [1.165, 1.54) is 4.31 Å². The number of nitrogens with one attached hydrogen (secondary N) is 1. The Balaban J connectivity index is 1.77. The molecule has 3 rings (SSSR count). The van der Waals surface area contributed by atoms with Gasteiger partial charge < -0.3 is 9.88 Å². The number of hydrogen-bond donors (Lipinski definition) is 1. The van der Waals surface area contributed by atoms with Crippen molar-refractivity contribution in [1.82, 2.24) is 19.2 Å². The van der Waals surface area contributed by atoms with Gasteiger partial charge in [0.25, 0.3) is 0 Å².